The molecule has 16 heavy (non-hydrogen) atoms. The van der Waals surface area contributed by atoms with E-state index in [4.69, 9.17) is 17.3 Å². The molecule has 0 aromatic heterocycles. The number of aliphatic hydroxyl groups excluding tert-OH is 2. The van der Waals surface area contributed by atoms with E-state index < -0.39 is 12.2 Å². The summed E-state index contributed by atoms with van der Waals surface area (Å²) < 4.78 is 0. The van der Waals surface area contributed by atoms with Gasteiger partial charge < -0.3 is 15.9 Å². The molecule has 1 aromatic carbocycles. The van der Waals surface area contributed by atoms with Crippen LogP contribution in [0.25, 0.3) is 0 Å². The third-order valence-electron chi connectivity index (χ3n) is 2.83. The molecule has 0 bridgehead atoms. The zero-order valence-electron chi connectivity index (χ0n) is 8.81. The van der Waals surface area contributed by atoms with Crippen molar-refractivity contribution in [2.45, 2.75) is 18.8 Å². The van der Waals surface area contributed by atoms with Crippen LogP contribution in [0, 0.1) is 0 Å². The van der Waals surface area contributed by atoms with Crippen molar-refractivity contribution in [3.05, 3.63) is 28.8 Å². The molecule has 1 aromatic rings. The summed E-state index contributed by atoms with van der Waals surface area (Å²) in [6.45, 7) is 1.53. The predicted octanol–water partition coefficient (Wildman–Crippen LogP) is 0.460. The van der Waals surface area contributed by atoms with Crippen LogP contribution in [0.2, 0.25) is 5.02 Å². The average Bonchev–Trinajstić information content (AvgIpc) is 2.52. The molecular weight excluding hydrogens is 228 g/mol. The minimum absolute atomic E-state index is 0.465. The van der Waals surface area contributed by atoms with E-state index in [2.05, 4.69) is 0 Å². The number of hydrogen-bond acceptors (Lipinski definition) is 4. The van der Waals surface area contributed by atoms with Gasteiger partial charge >= 0.3 is 0 Å². The molecule has 5 heteroatoms. The topological polar surface area (TPSA) is 69.7 Å². The minimum Gasteiger partial charge on any atom is -0.398 e. The van der Waals surface area contributed by atoms with E-state index in [9.17, 15) is 10.2 Å². The number of β-amino-alcohol motifs (C(OH)–C–C–N with tert-alkyl or cyclic N) is 2. The van der Waals surface area contributed by atoms with Gasteiger partial charge in [-0.25, -0.2) is 0 Å². The second-order valence-corrected chi connectivity index (χ2v) is 4.61. The van der Waals surface area contributed by atoms with Crippen LogP contribution >= 0.6 is 11.6 Å². The SMILES string of the molecule is Nc1ccc(Cl)cc1CN1CC(O)C(O)C1. The molecule has 0 amide bonds. The van der Waals surface area contributed by atoms with Crippen molar-refractivity contribution in [2.75, 3.05) is 18.8 Å². The van der Waals surface area contributed by atoms with Crippen molar-refractivity contribution >= 4 is 17.3 Å². The second-order valence-electron chi connectivity index (χ2n) is 4.17. The van der Waals surface area contributed by atoms with Crippen LogP contribution < -0.4 is 5.73 Å². The minimum atomic E-state index is -0.666. The summed E-state index contributed by atoms with van der Waals surface area (Å²) in [7, 11) is 0. The van der Waals surface area contributed by atoms with Gasteiger partial charge in [-0.2, -0.15) is 0 Å². The lowest BCUT2D eigenvalue weighted by Gasteiger charge is -2.16. The highest BCUT2D eigenvalue weighted by molar-refractivity contribution is 6.30. The number of nitrogens with zero attached hydrogens (tertiary/aromatic N) is 1. The molecule has 0 saturated carbocycles. The van der Waals surface area contributed by atoms with Gasteiger partial charge in [-0.3, -0.25) is 4.90 Å². The Hall–Kier alpha value is -0.810. The van der Waals surface area contributed by atoms with Gasteiger partial charge in [0.15, 0.2) is 0 Å². The Labute approximate surface area is 99.2 Å². The van der Waals surface area contributed by atoms with Gasteiger partial charge in [-0.05, 0) is 23.8 Å². The van der Waals surface area contributed by atoms with E-state index in [0.29, 0.717) is 30.3 Å². The molecular formula is C11H15ClN2O2. The summed E-state index contributed by atoms with van der Waals surface area (Å²) in [5.74, 6) is 0. The van der Waals surface area contributed by atoms with E-state index in [1.807, 2.05) is 11.0 Å². The Bertz CT molecular complexity index is 376. The number of nitrogen functional groups attached to an aromatic ring is 1. The molecule has 0 radical (unpaired) electrons. The van der Waals surface area contributed by atoms with E-state index in [0.717, 1.165) is 5.56 Å². The van der Waals surface area contributed by atoms with Crippen LogP contribution in [0.4, 0.5) is 5.69 Å². The van der Waals surface area contributed by atoms with Crippen molar-refractivity contribution in [3.8, 4) is 0 Å². The summed E-state index contributed by atoms with van der Waals surface area (Å²) in [6, 6.07) is 5.32. The molecule has 1 fully saturated rings. The maximum Gasteiger partial charge on any atom is 0.0938 e. The van der Waals surface area contributed by atoms with Crippen LogP contribution in [0.15, 0.2) is 18.2 Å². The number of benzene rings is 1. The summed E-state index contributed by atoms with van der Waals surface area (Å²) in [5.41, 5.74) is 7.43. The number of anilines is 1. The van der Waals surface area contributed by atoms with Crippen LogP contribution in [-0.2, 0) is 6.54 Å². The highest BCUT2D eigenvalue weighted by Gasteiger charge is 2.29. The molecule has 2 atom stereocenters. The Kier molecular flexibility index (Phi) is 3.35. The normalized spacial score (nSPS) is 26.2. The number of hydrogen-bond donors (Lipinski definition) is 3. The number of likely N-dealkylation sites (tertiary alicyclic amines) is 1. The van der Waals surface area contributed by atoms with Gasteiger partial charge in [0, 0.05) is 30.3 Å². The molecule has 4 nitrogen and oxygen atoms in total. The van der Waals surface area contributed by atoms with Crippen LogP contribution in [0.5, 0.6) is 0 Å². The molecule has 88 valence electrons. The molecule has 0 aliphatic carbocycles. The zero-order valence-corrected chi connectivity index (χ0v) is 9.56. The molecule has 4 N–H and O–H groups in total. The first-order valence-corrected chi connectivity index (χ1v) is 5.56. The molecule has 1 aliphatic rings. The lowest BCUT2D eigenvalue weighted by molar-refractivity contribution is 0.0572. The maximum absolute atomic E-state index is 9.42. The number of nitrogens with two attached hydrogens (primary N) is 1. The van der Waals surface area contributed by atoms with Gasteiger partial charge in [0.1, 0.15) is 0 Å². The van der Waals surface area contributed by atoms with Crippen LogP contribution in [0.1, 0.15) is 5.56 Å². The predicted molar refractivity (Wildman–Crippen MR) is 63.2 cm³/mol. The zero-order chi connectivity index (χ0) is 11.7. The van der Waals surface area contributed by atoms with Crippen molar-refractivity contribution in [1.82, 2.24) is 4.90 Å². The largest absolute Gasteiger partial charge is 0.398 e. The highest BCUT2D eigenvalue weighted by Crippen LogP contribution is 2.21. The van der Waals surface area contributed by atoms with Crippen LogP contribution in [-0.4, -0.2) is 40.4 Å². The lowest BCUT2D eigenvalue weighted by atomic mass is 10.1. The average molecular weight is 243 g/mol. The Balaban J connectivity index is 2.07. The molecule has 1 heterocycles. The van der Waals surface area contributed by atoms with E-state index in [1.54, 1.807) is 12.1 Å². The highest BCUT2D eigenvalue weighted by atomic mass is 35.5. The first-order chi connectivity index (χ1) is 7.56. The summed E-state index contributed by atoms with van der Waals surface area (Å²) in [6.07, 6.45) is -1.33. The first-order valence-electron chi connectivity index (χ1n) is 5.18. The monoisotopic (exact) mass is 242 g/mol. The third kappa shape index (κ3) is 2.47. The van der Waals surface area contributed by atoms with Gasteiger partial charge in [0.2, 0.25) is 0 Å². The van der Waals surface area contributed by atoms with Crippen molar-refractivity contribution in [2.24, 2.45) is 0 Å². The molecule has 1 saturated heterocycles. The molecule has 1 aliphatic heterocycles. The molecule has 0 spiro atoms. The molecule has 2 rings (SSSR count). The Morgan fingerprint density at radius 2 is 1.94 bits per heavy atom. The van der Waals surface area contributed by atoms with Gasteiger partial charge in [0.05, 0.1) is 12.2 Å². The number of aliphatic hydroxyl groups is 2. The van der Waals surface area contributed by atoms with E-state index in [-0.39, 0.29) is 0 Å². The smallest absolute Gasteiger partial charge is 0.0938 e. The lowest BCUT2D eigenvalue weighted by Crippen LogP contribution is -2.22. The first kappa shape index (κ1) is 11.7. The van der Waals surface area contributed by atoms with Crippen molar-refractivity contribution in [1.29, 1.82) is 0 Å². The van der Waals surface area contributed by atoms with Crippen molar-refractivity contribution in [3.63, 3.8) is 0 Å². The fourth-order valence-corrected chi connectivity index (χ4v) is 2.12. The summed E-state index contributed by atoms with van der Waals surface area (Å²) in [5, 5.41) is 19.5. The second kappa shape index (κ2) is 4.59. The fraction of sp³-hybridized carbons (Fsp3) is 0.455. The number of halogens is 1. The summed E-state index contributed by atoms with van der Waals surface area (Å²) >= 11 is 5.89. The fourth-order valence-electron chi connectivity index (χ4n) is 1.93. The quantitative estimate of drug-likeness (QED) is 0.659. The van der Waals surface area contributed by atoms with Gasteiger partial charge in [-0.15, -0.1) is 0 Å². The summed E-state index contributed by atoms with van der Waals surface area (Å²) in [4.78, 5) is 1.96. The Morgan fingerprint density at radius 3 is 2.56 bits per heavy atom. The maximum atomic E-state index is 9.42. The standard InChI is InChI=1S/C11H15ClN2O2/c12-8-1-2-9(13)7(3-8)4-14-5-10(15)11(16)6-14/h1-3,10-11,15-16H,4-6,13H2. The van der Waals surface area contributed by atoms with Gasteiger partial charge in [0.25, 0.3) is 0 Å². The van der Waals surface area contributed by atoms with Crippen LogP contribution in [0.3, 0.4) is 0 Å². The van der Waals surface area contributed by atoms with Crippen molar-refractivity contribution < 1.29 is 10.2 Å². The third-order valence-corrected chi connectivity index (χ3v) is 3.07. The number of rotatable bonds is 2. The van der Waals surface area contributed by atoms with E-state index in [1.165, 1.54) is 0 Å². The molecule has 2 unspecified atom stereocenters. The van der Waals surface area contributed by atoms with Gasteiger partial charge in [-0.1, -0.05) is 11.6 Å². The Morgan fingerprint density at radius 1 is 1.31 bits per heavy atom. The van der Waals surface area contributed by atoms with E-state index >= 15 is 0 Å².